The van der Waals surface area contributed by atoms with Crippen LogP contribution >= 0.6 is 11.6 Å². The molecule has 0 spiro atoms. The normalized spacial score (nSPS) is 11.1. The zero-order valence-corrected chi connectivity index (χ0v) is 15.6. The lowest BCUT2D eigenvalue weighted by Gasteiger charge is -2.12. The molecule has 136 valence electrons. The van der Waals surface area contributed by atoms with Crippen molar-refractivity contribution in [1.29, 1.82) is 0 Å². The highest BCUT2D eigenvalue weighted by molar-refractivity contribution is 6.31. The summed E-state index contributed by atoms with van der Waals surface area (Å²) in [4.78, 5) is 4.73. The Bertz CT molecular complexity index is 1090. The number of aromatic nitrogens is 2. The van der Waals surface area contributed by atoms with Gasteiger partial charge in [-0.1, -0.05) is 23.7 Å². The molecule has 3 nitrogen and oxygen atoms in total. The van der Waals surface area contributed by atoms with Crippen LogP contribution < -0.4 is 4.74 Å². The first-order chi connectivity index (χ1) is 13.1. The summed E-state index contributed by atoms with van der Waals surface area (Å²) in [5.74, 6) is 1.32. The van der Waals surface area contributed by atoms with E-state index in [4.69, 9.17) is 21.3 Å². The zero-order valence-electron chi connectivity index (χ0n) is 14.8. The maximum atomic E-state index is 13.3. The van der Waals surface area contributed by atoms with Crippen molar-refractivity contribution in [2.24, 2.45) is 0 Å². The molecule has 0 aliphatic carbocycles. The molecule has 3 aromatic carbocycles. The van der Waals surface area contributed by atoms with Crippen LogP contribution in [0.2, 0.25) is 5.02 Å². The van der Waals surface area contributed by atoms with Crippen LogP contribution in [0.15, 0.2) is 66.7 Å². The number of nitrogens with zero attached hydrogens (tertiary/aromatic N) is 2. The Kier molecular flexibility index (Phi) is 4.82. The maximum absolute atomic E-state index is 13.3. The first-order valence-corrected chi connectivity index (χ1v) is 9.10. The van der Waals surface area contributed by atoms with Gasteiger partial charge in [-0.3, -0.25) is 0 Å². The Labute approximate surface area is 162 Å². The van der Waals surface area contributed by atoms with Gasteiger partial charge in [0.25, 0.3) is 0 Å². The first-order valence-electron chi connectivity index (χ1n) is 8.72. The van der Waals surface area contributed by atoms with Crippen molar-refractivity contribution in [2.75, 3.05) is 6.61 Å². The van der Waals surface area contributed by atoms with Gasteiger partial charge in [0.15, 0.2) is 0 Å². The van der Waals surface area contributed by atoms with Crippen LogP contribution in [0, 0.1) is 12.7 Å². The lowest BCUT2D eigenvalue weighted by atomic mass is 10.2. The average Bonchev–Trinajstić information content (AvgIpc) is 3.04. The molecule has 0 fully saturated rings. The maximum Gasteiger partial charge on any atom is 0.141 e. The SMILES string of the molecule is Cc1cc(OCCn2c(-c3ccc(F)cc3)nc3ccccc32)ccc1Cl. The van der Waals surface area contributed by atoms with E-state index in [2.05, 4.69) is 4.57 Å². The lowest BCUT2D eigenvalue weighted by Crippen LogP contribution is -2.09. The summed E-state index contributed by atoms with van der Waals surface area (Å²) in [5.41, 5.74) is 3.77. The third-order valence-corrected chi connectivity index (χ3v) is 4.89. The van der Waals surface area contributed by atoms with Gasteiger partial charge in [0, 0.05) is 10.6 Å². The molecular formula is C22H18ClFN2O. The summed E-state index contributed by atoms with van der Waals surface area (Å²) in [6.45, 7) is 3.05. The van der Waals surface area contributed by atoms with Crippen molar-refractivity contribution in [3.05, 3.63) is 83.1 Å². The van der Waals surface area contributed by atoms with Crippen LogP contribution in [0.4, 0.5) is 4.39 Å². The Morgan fingerprint density at radius 2 is 1.81 bits per heavy atom. The third-order valence-electron chi connectivity index (χ3n) is 4.47. The van der Waals surface area contributed by atoms with Gasteiger partial charge >= 0.3 is 0 Å². The fraction of sp³-hybridized carbons (Fsp3) is 0.136. The molecule has 0 saturated heterocycles. The van der Waals surface area contributed by atoms with E-state index >= 15 is 0 Å². The predicted molar refractivity (Wildman–Crippen MR) is 107 cm³/mol. The minimum absolute atomic E-state index is 0.261. The lowest BCUT2D eigenvalue weighted by molar-refractivity contribution is 0.300. The molecule has 4 aromatic rings. The third kappa shape index (κ3) is 3.67. The molecule has 27 heavy (non-hydrogen) atoms. The molecule has 1 heterocycles. The van der Waals surface area contributed by atoms with Gasteiger partial charge in [-0.2, -0.15) is 0 Å². The molecule has 5 heteroatoms. The predicted octanol–water partition coefficient (Wildman–Crippen LogP) is 5.88. The summed E-state index contributed by atoms with van der Waals surface area (Å²) in [7, 11) is 0. The van der Waals surface area contributed by atoms with Gasteiger partial charge in [0.05, 0.1) is 17.6 Å². The molecule has 0 unspecified atom stereocenters. The van der Waals surface area contributed by atoms with Crippen LogP contribution in [0.3, 0.4) is 0 Å². The number of rotatable bonds is 5. The molecule has 4 rings (SSSR count). The Balaban J connectivity index is 1.62. The first kappa shape index (κ1) is 17.6. The Hall–Kier alpha value is -2.85. The van der Waals surface area contributed by atoms with E-state index in [1.165, 1.54) is 12.1 Å². The molecule has 0 saturated carbocycles. The minimum Gasteiger partial charge on any atom is -0.492 e. The Morgan fingerprint density at radius 1 is 1.04 bits per heavy atom. The van der Waals surface area contributed by atoms with Gasteiger partial charge in [0.1, 0.15) is 24.0 Å². The largest absolute Gasteiger partial charge is 0.492 e. The van der Waals surface area contributed by atoms with Crippen LogP contribution in [0.25, 0.3) is 22.4 Å². The number of benzene rings is 3. The molecule has 0 radical (unpaired) electrons. The molecule has 1 aromatic heterocycles. The van der Waals surface area contributed by atoms with Gasteiger partial charge in [-0.15, -0.1) is 0 Å². The second kappa shape index (κ2) is 7.41. The van der Waals surface area contributed by atoms with Crippen LogP contribution in [-0.4, -0.2) is 16.2 Å². The monoisotopic (exact) mass is 380 g/mol. The second-order valence-corrected chi connectivity index (χ2v) is 6.75. The van der Waals surface area contributed by atoms with E-state index in [1.54, 1.807) is 12.1 Å². The highest BCUT2D eigenvalue weighted by Crippen LogP contribution is 2.26. The molecule has 0 aliphatic rings. The number of para-hydroxylation sites is 2. The number of ether oxygens (including phenoxy) is 1. The second-order valence-electron chi connectivity index (χ2n) is 6.34. The molecule has 0 bridgehead atoms. The molecule has 0 amide bonds. The van der Waals surface area contributed by atoms with E-state index in [9.17, 15) is 4.39 Å². The van der Waals surface area contributed by atoms with Crippen LogP contribution in [0.1, 0.15) is 5.56 Å². The quantitative estimate of drug-likeness (QED) is 0.432. The molecule has 0 atom stereocenters. The summed E-state index contributed by atoms with van der Waals surface area (Å²) in [6.07, 6.45) is 0. The number of fused-ring (bicyclic) bond motifs is 1. The highest BCUT2D eigenvalue weighted by atomic mass is 35.5. The molecule has 0 N–H and O–H groups in total. The highest BCUT2D eigenvalue weighted by Gasteiger charge is 2.12. The number of aryl methyl sites for hydroxylation is 1. The van der Waals surface area contributed by atoms with Gasteiger partial charge in [0.2, 0.25) is 0 Å². The standard InChI is InChI=1S/C22H18ClFN2O/c1-15-14-18(10-11-19(15)23)27-13-12-26-21-5-3-2-4-20(21)25-22(26)16-6-8-17(24)9-7-16/h2-11,14H,12-13H2,1H3. The van der Waals surface area contributed by atoms with Crippen LogP contribution in [-0.2, 0) is 6.54 Å². The number of imidazole rings is 1. The van der Waals surface area contributed by atoms with E-state index in [-0.39, 0.29) is 5.82 Å². The summed E-state index contributed by atoms with van der Waals surface area (Å²) in [6, 6.07) is 20.0. The summed E-state index contributed by atoms with van der Waals surface area (Å²) >= 11 is 6.07. The van der Waals surface area contributed by atoms with Gasteiger partial charge in [-0.05, 0) is 67.1 Å². The van der Waals surface area contributed by atoms with Crippen molar-refractivity contribution in [3.8, 4) is 17.1 Å². The van der Waals surface area contributed by atoms with E-state index in [0.717, 1.165) is 38.8 Å². The average molecular weight is 381 g/mol. The van der Waals surface area contributed by atoms with Gasteiger partial charge in [-0.25, -0.2) is 9.37 Å². The minimum atomic E-state index is -0.261. The van der Waals surface area contributed by atoms with Crippen LogP contribution in [0.5, 0.6) is 5.75 Å². The summed E-state index contributed by atoms with van der Waals surface area (Å²) < 4.78 is 21.3. The van der Waals surface area contributed by atoms with Crippen molar-refractivity contribution >= 4 is 22.6 Å². The van der Waals surface area contributed by atoms with E-state index in [0.29, 0.717) is 13.2 Å². The molecule has 0 aliphatic heterocycles. The van der Waals surface area contributed by atoms with Crippen molar-refractivity contribution < 1.29 is 9.13 Å². The topological polar surface area (TPSA) is 27.1 Å². The number of halogens is 2. The number of hydrogen-bond acceptors (Lipinski definition) is 2. The van der Waals surface area contributed by atoms with Crippen molar-refractivity contribution in [3.63, 3.8) is 0 Å². The Morgan fingerprint density at radius 3 is 2.59 bits per heavy atom. The van der Waals surface area contributed by atoms with E-state index in [1.807, 2.05) is 49.4 Å². The molecular weight excluding hydrogens is 363 g/mol. The van der Waals surface area contributed by atoms with Crippen molar-refractivity contribution in [1.82, 2.24) is 9.55 Å². The van der Waals surface area contributed by atoms with Crippen molar-refractivity contribution in [2.45, 2.75) is 13.5 Å². The summed E-state index contributed by atoms with van der Waals surface area (Å²) in [5, 5.41) is 0.724. The fourth-order valence-corrected chi connectivity index (χ4v) is 3.20. The van der Waals surface area contributed by atoms with E-state index < -0.39 is 0 Å². The number of hydrogen-bond donors (Lipinski definition) is 0. The smallest absolute Gasteiger partial charge is 0.141 e. The zero-order chi connectivity index (χ0) is 18.8. The fourth-order valence-electron chi connectivity index (χ4n) is 3.08. The van der Waals surface area contributed by atoms with Gasteiger partial charge < -0.3 is 9.30 Å².